The van der Waals surface area contributed by atoms with Crippen LogP contribution in [0.2, 0.25) is 0 Å². The summed E-state index contributed by atoms with van der Waals surface area (Å²) in [4.78, 5) is 3.98. The van der Waals surface area contributed by atoms with Gasteiger partial charge in [0.05, 0.1) is 13.2 Å². The van der Waals surface area contributed by atoms with Gasteiger partial charge in [-0.15, -0.1) is 6.58 Å². The predicted molar refractivity (Wildman–Crippen MR) is 33.3 cm³/mol. The Bertz CT molecular complexity index is 105. The van der Waals surface area contributed by atoms with Crippen molar-refractivity contribution in [3.05, 3.63) is 12.7 Å². The summed E-state index contributed by atoms with van der Waals surface area (Å²) < 4.78 is 4.87. The number of epoxide rings is 1. The highest BCUT2D eigenvalue weighted by molar-refractivity contribution is 5.65. The van der Waals surface area contributed by atoms with Crippen molar-refractivity contribution < 1.29 is 4.74 Å². The number of aliphatic imine (C=N–C) groups is 1. The molecule has 0 aliphatic carbocycles. The highest BCUT2D eigenvalue weighted by Crippen LogP contribution is 2.03. The van der Waals surface area contributed by atoms with E-state index in [2.05, 4.69) is 11.6 Å². The Labute approximate surface area is 48.9 Å². The Balaban J connectivity index is 2.04. The first-order valence-corrected chi connectivity index (χ1v) is 2.66. The van der Waals surface area contributed by atoms with Crippen molar-refractivity contribution in [1.29, 1.82) is 0 Å². The molecule has 0 spiro atoms. The van der Waals surface area contributed by atoms with Crippen LogP contribution < -0.4 is 0 Å². The molecule has 8 heavy (non-hydrogen) atoms. The van der Waals surface area contributed by atoms with Crippen LogP contribution in [0, 0.1) is 0 Å². The lowest BCUT2D eigenvalue weighted by Crippen LogP contribution is -1.84. The van der Waals surface area contributed by atoms with Crippen LogP contribution in [0.25, 0.3) is 0 Å². The maximum absolute atomic E-state index is 4.87. The van der Waals surface area contributed by atoms with Crippen molar-refractivity contribution in [1.82, 2.24) is 0 Å². The Morgan fingerprint density at radius 3 is 3.12 bits per heavy atom. The van der Waals surface area contributed by atoms with E-state index in [0.717, 1.165) is 6.61 Å². The van der Waals surface area contributed by atoms with Crippen LogP contribution in [0.5, 0.6) is 0 Å². The highest BCUT2D eigenvalue weighted by atomic mass is 16.6. The first kappa shape index (κ1) is 5.51. The summed E-state index contributed by atoms with van der Waals surface area (Å²) in [6, 6.07) is 0. The molecule has 0 saturated carbocycles. The Hall–Kier alpha value is -0.630. The van der Waals surface area contributed by atoms with Crippen LogP contribution in [0.3, 0.4) is 0 Å². The topological polar surface area (TPSA) is 24.9 Å². The molecule has 1 saturated heterocycles. The molecule has 2 heteroatoms. The molecule has 1 aliphatic rings. The minimum atomic E-state index is 0.315. The fourth-order valence-corrected chi connectivity index (χ4v) is 0.395. The third-order valence-electron chi connectivity index (χ3n) is 0.865. The molecule has 1 rings (SSSR count). The third-order valence-corrected chi connectivity index (χ3v) is 0.865. The number of hydrogen-bond donors (Lipinski definition) is 0. The van der Waals surface area contributed by atoms with Gasteiger partial charge in [0, 0.05) is 6.21 Å². The molecule has 1 aliphatic heterocycles. The van der Waals surface area contributed by atoms with Gasteiger partial charge in [-0.3, -0.25) is 4.99 Å². The molecule has 0 bridgehead atoms. The van der Waals surface area contributed by atoms with Crippen LogP contribution in [0.1, 0.15) is 0 Å². The monoisotopic (exact) mass is 111 g/mol. The fourth-order valence-electron chi connectivity index (χ4n) is 0.395. The molecule has 0 amide bonds. The van der Waals surface area contributed by atoms with Gasteiger partial charge in [0.15, 0.2) is 0 Å². The molecule has 1 fully saturated rings. The normalized spacial score (nSPS) is 26.2. The van der Waals surface area contributed by atoms with Gasteiger partial charge in [-0.25, -0.2) is 0 Å². The van der Waals surface area contributed by atoms with Crippen LogP contribution in [0.15, 0.2) is 17.6 Å². The van der Waals surface area contributed by atoms with E-state index in [-0.39, 0.29) is 0 Å². The molecular formula is C6H9NO. The van der Waals surface area contributed by atoms with Crippen molar-refractivity contribution in [3.8, 4) is 0 Å². The lowest BCUT2D eigenvalue weighted by Gasteiger charge is -1.76. The second-order valence-electron chi connectivity index (χ2n) is 1.67. The van der Waals surface area contributed by atoms with Crippen LogP contribution in [0.4, 0.5) is 0 Å². The van der Waals surface area contributed by atoms with E-state index in [1.165, 1.54) is 0 Å². The van der Waals surface area contributed by atoms with E-state index in [1.54, 1.807) is 6.08 Å². The molecule has 0 radical (unpaired) electrons. The molecular weight excluding hydrogens is 102 g/mol. The smallest absolute Gasteiger partial charge is 0.116 e. The van der Waals surface area contributed by atoms with Crippen molar-refractivity contribution in [2.75, 3.05) is 13.2 Å². The second kappa shape index (κ2) is 2.62. The first-order chi connectivity index (χ1) is 3.93. The molecule has 44 valence electrons. The SMILES string of the molecule is C=CCN=CC1CO1. The second-order valence-corrected chi connectivity index (χ2v) is 1.67. The Kier molecular flexibility index (Phi) is 1.80. The lowest BCUT2D eigenvalue weighted by atomic mass is 10.5. The summed E-state index contributed by atoms with van der Waals surface area (Å²) in [5.41, 5.74) is 0. The van der Waals surface area contributed by atoms with Gasteiger partial charge in [0.2, 0.25) is 0 Å². The summed E-state index contributed by atoms with van der Waals surface area (Å²) in [6.07, 6.45) is 3.90. The van der Waals surface area contributed by atoms with E-state index < -0.39 is 0 Å². The molecule has 1 heterocycles. The van der Waals surface area contributed by atoms with Crippen LogP contribution in [-0.4, -0.2) is 25.5 Å². The van der Waals surface area contributed by atoms with Gasteiger partial charge in [0.1, 0.15) is 6.10 Å². The molecule has 0 aromatic carbocycles. The molecule has 1 atom stereocenters. The van der Waals surface area contributed by atoms with Gasteiger partial charge in [0.25, 0.3) is 0 Å². The summed E-state index contributed by atoms with van der Waals surface area (Å²) in [5, 5.41) is 0. The lowest BCUT2D eigenvalue weighted by molar-refractivity contribution is 0.452. The van der Waals surface area contributed by atoms with Crippen LogP contribution >= 0.6 is 0 Å². The largest absolute Gasteiger partial charge is 0.367 e. The maximum Gasteiger partial charge on any atom is 0.116 e. The van der Waals surface area contributed by atoms with E-state index in [0.29, 0.717) is 12.6 Å². The summed E-state index contributed by atoms with van der Waals surface area (Å²) in [6.45, 7) is 5.08. The van der Waals surface area contributed by atoms with Gasteiger partial charge in [-0.2, -0.15) is 0 Å². The Morgan fingerprint density at radius 2 is 2.62 bits per heavy atom. The molecule has 0 aromatic rings. The average molecular weight is 111 g/mol. The number of rotatable bonds is 3. The van der Waals surface area contributed by atoms with Crippen molar-refractivity contribution in [2.45, 2.75) is 6.10 Å². The quantitative estimate of drug-likeness (QED) is 0.298. The standard InChI is InChI=1S/C6H9NO/c1-2-3-7-4-6-5-8-6/h2,4,6H,1,3,5H2. The first-order valence-electron chi connectivity index (χ1n) is 2.66. The zero-order chi connectivity index (χ0) is 5.82. The van der Waals surface area contributed by atoms with Crippen molar-refractivity contribution in [2.24, 2.45) is 4.99 Å². The van der Waals surface area contributed by atoms with E-state index in [1.807, 2.05) is 6.21 Å². The van der Waals surface area contributed by atoms with Gasteiger partial charge < -0.3 is 4.74 Å². The fraction of sp³-hybridized carbons (Fsp3) is 0.500. The minimum absolute atomic E-state index is 0.315. The van der Waals surface area contributed by atoms with E-state index in [4.69, 9.17) is 4.74 Å². The molecule has 1 unspecified atom stereocenters. The van der Waals surface area contributed by atoms with Gasteiger partial charge >= 0.3 is 0 Å². The zero-order valence-electron chi connectivity index (χ0n) is 4.71. The molecule has 2 nitrogen and oxygen atoms in total. The molecule has 0 aromatic heterocycles. The predicted octanol–water partition coefficient (Wildman–Crippen LogP) is 0.642. The van der Waals surface area contributed by atoms with Gasteiger partial charge in [-0.1, -0.05) is 6.08 Å². The summed E-state index contributed by atoms with van der Waals surface area (Å²) >= 11 is 0. The van der Waals surface area contributed by atoms with Crippen molar-refractivity contribution in [3.63, 3.8) is 0 Å². The van der Waals surface area contributed by atoms with Gasteiger partial charge in [-0.05, 0) is 0 Å². The van der Waals surface area contributed by atoms with Crippen molar-refractivity contribution >= 4 is 6.21 Å². The van der Waals surface area contributed by atoms with Crippen LogP contribution in [-0.2, 0) is 4.74 Å². The minimum Gasteiger partial charge on any atom is -0.367 e. The third kappa shape index (κ3) is 1.89. The maximum atomic E-state index is 4.87. The van der Waals surface area contributed by atoms with E-state index in [9.17, 15) is 0 Å². The zero-order valence-corrected chi connectivity index (χ0v) is 4.71. The Morgan fingerprint density at radius 1 is 1.88 bits per heavy atom. The highest BCUT2D eigenvalue weighted by Gasteiger charge is 2.18. The van der Waals surface area contributed by atoms with E-state index >= 15 is 0 Å². The summed E-state index contributed by atoms with van der Waals surface area (Å²) in [5.74, 6) is 0. The molecule has 0 N–H and O–H groups in total. The number of ether oxygens (including phenoxy) is 1. The number of hydrogen-bond acceptors (Lipinski definition) is 2. The number of nitrogens with zero attached hydrogens (tertiary/aromatic N) is 1. The average Bonchev–Trinajstić information content (AvgIpc) is 2.51. The summed E-state index contributed by atoms with van der Waals surface area (Å²) in [7, 11) is 0.